The summed E-state index contributed by atoms with van der Waals surface area (Å²) in [7, 11) is 0. The molecule has 0 fully saturated rings. The summed E-state index contributed by atoms with van der Waals surface area (Å²) in [5, 5.41) is 14.3. The molecular formula is C17H12Cl2N4O3S. The van der Waals surface area contributed by atoms with Crippen LogP contribution >= 0.6 is 35.0 Å². The number of rotatable bonds is 6. The van der Waals surface area contributed by atoms with Crippen molar-refractivity contribution in [1.82, 2.24) is 10.2 Å². The molecule has 2 aromatic heterocycles. The number of carbonyl (C=O) groups is 2. The smallest absolute Gasteiger partial charge is 0.292 e. The van der Waals surface area contributed by atoms with Gasteiger partial charge in [0.15, 0.2) is 11.6 Å². The summed E-state index contributed by atoms with van der Waals surface area (Å²) in [6.07, 6.45) is 1.40. The van der Waals surface area contributed by atoms with Gasteiger partial charge in [0.1, 0.15) is 5.03 Å². The minimum atomic E-state index is -0.424. The maximum atomic E-state index is 12.0. The second kappa shape index (κ2) is 8.90. The van der Waals surface area contributed by atoms with Crippen LogP contribution in [-0.4, -0.2) is 27.8 Å². The predicted molar refractivity (Wildman–Crippen MR) is 105 cm³/mol. The number of nitrogens with one attached hydrogen (secondary N) is 2. The minimum absolute atomic E-state index is 0.107. The van der Waals surface area contributed by atoms with Crippen LogP contribution in [0.4, 0.5) is 11.5 Å². The molecule has 0 radical (unpaired) electrons. The molecule has 2 amide bonds. The summed E-state index contributed by atoms with van der Waals surface area (Å²) in [5.41, 5.74) is 0.442. The summed E-state index contributed by atoms with van der Waals surface area (Å²) < 4.78 is 4.99. The molecule has 0 aliphatic rings. The number of aromatic nitrogens is 2. The molecule has 0 aliphatic carbocycles. The maximum absolute atomic E-state index is 12.0. The van der Waals surface area contributed by atoms with Crippen molar-refractivity contribution in [3.05, 3.63) is 64.5 Å². The molecule has 0 atom stereocenters. The topological polar surface area (TPSA) is 97.1 Å². The van der Waals surface area contributed by atoms with Gasteiger partial charge in [0.25, 0.3) is 5.91 Å². The number of halogens is 2. The molecule has 3 aromatic rings. The highest BCUT2D eigenvalue weighted by atomic mass is 35.5. The Morgan fingerprint density at radius 1 is 1.04 bits per heavy atom. The molecule has 0 saturated carbocycles. The van der Waals surface area contributed by atoms with Crippen molar-refractivity contribution in [2.24, 2.45) is 0 Å². The number of carbonyl (C=O) groups excluding carboxylic acids is 2. The molecule has 1 aromatic carbocycles. The van der Waals surface area contributed by atoms with Gasteiger partial charge in [-0.15, -0.1) is 10.2 Å². The number of amides is 2. The highest BCUT2D eigenvalue weighted by Crippen LogP contribution is 2.29. The van der Waals surface area contributed by atoms with Gasteiger partial charge in [-0.05, 0) is 36.4 Å². The molecule has 10 heteroatoms. The van der Waals surface area contributed by atoms with E-state index in [1.165, 1.54) is 24.1 Å². The number of nitrogens with zero attached hydrogens (tertiary/aromatic N) is 2. The fourth-order valence-corrected chi connectivity index (χ4v) is 2.94. The van der Waals surface area contributed by atoms with Crippen molar-refractivity contribution in [1.29, 1.82) is 0 Å². The standard InChI is InChI=1S/C17H12Cl2N4O3S/c18-10-3-1-4-11(16(10)19)20-14(24)9-27-15-7-6-13(22-23-15)21-17(25)12-5-2-8-26-12/h1-8H,9H2,(H,20,24)(H,21,22,25). The van der Waals surface area contributed by atoms with Crippen LogP contribution in [0.25, 0.3) is 0 Å². The van der Waals surface area contributed by atoms with Crippen molar-refractivity contribution in [2.75, 3.05) is 16.4 Å². The first-order valence-corrected chi connectivity index (χ1v) is 9.32. The molecule has 138 valence electrons. The lowest BCUT2D eigenvalue weighted by atomic mass is 10.3. The fourth-order valence-electron chi connectivity index (χ4n) is 1.98. The highest BCUT2D eigenvalue weighted by molar-refractivity contribution is 7.99. The molecule has 3 rings (SSSR count). The van der Waals surface area contributed by atoms with E-state index in [0.717, 1.165) is 0 Å². The van der Waals surface area contributed by atoms with E-state index in [-0.39, 0.29) is 28.3 Å². The Labute approximate surface area is 168 Å². The summed E-state index contributed by atoms with van der Waals surface area (Å²) in [6.45, 7) is 0. The number of hydrogen-bond donors (Lipinski definition) is 2. The molecule has 27 heavy (non-hydrogen) atoms. The highest BCUT2D eigenvalue weighted by Gasteiger charge is 2.11. The van der Waals surface area contributed by atoms with E-state index in [4.69, 9.17) is 27.6 Å². The van der Waals surface area contributed by atoms with E-state index in [9.17, 15) is 9.59 Å². The second-order valence-corrected chi connectivity index (χ2v) is 6.91. The van der Waals surface area contributed by atoms with Crippen molar-refractivity contribution in [2.45, 2.75) is 5.03 Å². The number of hydrogen-bond acceptors (Lipinski definition) is 6. The monoisotopic (exact) mass is 422 g/mol. The van der Waals surface area contributed by atoms with Gasteiger partial charge < -0.3 is 15.1 Å². The second-order valence-electron chi connectivity index (χ2n) is 5.13. The molecule has 7 nitrogen and oxygen atoms in total. The molecule has 2 N–H and O–H groups in total. The lowest BCUT2D eigenvalue weighted by molar-refractivity contribution is -0.113. The van der Waals surface area contributed by atoms with Crippen LogP contribution < -0.4 is 10.6 Å². The zero-order chi connectivity index (χ0) is 19.2. The zero-order valence-electron chi connectivity index (χ0n) is 13.6. The van der Waals surface area contributed by atoms with Crippen LogP contribution in [0.15, 0.2) is 58.2 Å². The van der Waals surface area contributed by atoms with Crippen LogP contribution in [0.1, 0.15) is 10.6 Å². The molecule has 0 unspecified atom stereocenters. The first kappa shape index (κ1) is 19.2. The van der Waals surface area contributed by atoms with Crippen molar-refractivity contribution < 1.29 is 14.0 Å². The van der Waals surface area contributed by atoms with Crippen LogP contribution in [0.5, 0.6) is 0 Å². The SMILES string of the molecule is O=C(CSc1ccc(NC(=O)c2ccco2)nn1)Nc1cccc(Cl)c1Cl. The number of anilines is 2. The third-order valence-electron chi connectivity index (χ3n) is 3.20. The van der Waals surface area contributed by atoms with Gasteiger partial charge in [0.05, 0.1) is 27.7 Å². The van der Waals surface area contributed by atoms with Crippen molar-refractivity contribution >= 4 is 58.3 Å². The molecule has 0 aliphatic heterocycles. The Bertz CT molecular complexity index is 949. The first-order valence-electron chi connectivity index (χ1n) is 7.58. The van der Waals surface area contributed by atoms with Crippen LogP contribution in [0.3, 0.4) is 0 Å². The predicted octanol–water partition coefficient (Wildman–Crippen LogP) is 4.36. The summed E-state index contributed by atoms with van der Waals surface area (Å²) >= 11 is 13.1. The lowest BCUT2D eigenvalue weighted by Crippen LogP contribution is -2.15. The maximum Gasteiger partial charge on any atom is 0.292 e. The van der Waals surface area contributed by atoms with Gasteiger partial charge in [-0.1, -0.05) is 41.0 Å². The van der Waals surface area contributed by atoms with Gasteiger partial charge in [0.2, 0.25) is 5.91 Å². The van der Waals surface area contributed by atoms with Crippen LogP contribution in [-0.2, 0) is 4.79 Å². The Hall–Kier alpha value is -2.55. The number of furan rings is 1. The lowest BCUT2D eigenvalue weighted by Gasteiger charge is -2.08. The normalized spacial score (nSPS) is 10.4. The van der Waals surface area contributed by atoms with Crippen LogP contribution in [0.2, 0.25) is 10.0 Å². The first-order chi connectivity index (χ1) is 13.0. The largest absolute Gasteiger partial charge is 0.459 e. The molecule has 0 bridgehead atoms. The van der Waals surface area contributed by atoms with Crippen LogP contribution in [0, 0.1) is 0 Å². The average molecular weight is 423 g/mol. The number of benzene rings is 1. The van der Waals surface area contributed by atoms with Gasteiger partial charge in [-0.3, -0.25) is 9.59 Å². The van der Waals surface area contributed by atoms with Gasteiger partial charge in [-0.25, -0.2) is 0 Å². The third-order valence-corrected chi connectivity index (χ3v) is 4.94. The molecular weight excluding hydrogens is 411 g/mol. The molecule has 0 saturated heterocycles. The molecule has 0 spiro atoms. The van der Waals surface area contributed by atoms with E-state index in [2.05, 4.69) is 20.8 Å². The summed E-state index contributed by atoms with van der Waals surface area (Å²) in [6, 6.07) is 11.4. The summed E-state index contributed by atoms with van der Waals surface area (Å²) in [4.78, 5) is 23.9. The van der Waals surface area contributed by atoms with E-state index < -0.39 is 5.91 Å². The Kier molecular flexibility index (Phi) is 6.33. The quantitative estimate of drug-likeness (QED) is 0.572. The van der Waals surface area contributed by atoms with Crippen molar-refractivity contribution in [3.63, 3.8) is 0 Å². The summed E-state index contributed by atoms with van der Waals surface area (Å²) in [5.74, 6) is -0.133. The van der Waals surface area contributed by atoms with E-state index in [1.54, 1.807) is 36.4 Å². The van der Waals surface area contributed by atoms with E-state index in [1.807, 2.05) is 0 Å². The van der Waals surface area contributed by atoms with Gasteiger partial charge in [-0.2, -0.15) is 0 Å². The molecule has 2 heterocycles. The van der Waals surface area contributed by atoms with E-state index >= 15 is 0 Å². The fraction of sp³-hybridized carbons (Fsp3) is 0.0588. The Balaban J connectivity index is 1.51. The van der Waals surface area contributed by atoms with E-state index in [0.29, 0.717) is 15.7 Å². The zero-order valence-corrected chi connectivity index (χ0v) is 15.9. The minimum Gasteiger partial charge on any atom is -0.459 e. The average Bonchev–Trinajstić information content (AvgIpc) is 3.20. The Morgan fingerprint density at radius 2 is 1.89 bits per heavy atom. The van der Waals surface area contributed by atoms with Gasteiger partial charge in [0, 0.05) is 0 Å². The third kappa shape index (κ3) is 5.22. The van der Waals surface area contributed by atoms with Gasteiger partial charge >= 0.3 is 0 Å². The van der Waals surface area contributed by atoms with Crippen molar-refractivity contribution in [3.8, 4) is 0 Å². The Morgan fingerprint density at radius 3 is 2.59 bits per heavy atom. The number of thioether (sulfide) groups is 1.